The van der Waals surface area contributed by atoms with Crippen molar-refractivity contribution in [3.63, 3.8) is 0 Å². The Kier molecular flexibility index (Phi) is 7.50. The van der Waals surface area contributed by atoms with Crippen LogP contribution in [0.2, 0.25) is 0 Å². The maximum absolute atomic E-state index is 12.4. The van der Waals surface area contributed by atoms with Gasteiger partial charge in [0, 0.05) is 23.5 Å². The van der Waals surface area contributed by atoms with Gasteiger partial charge in [-0.15, -0.1) is 12.4 Å². The molecule has 0 aliphatic heterocycles. The molecular formula is C13H21BrClN3O3S. The third kappa shape index (κ3) is 5.51. The van der Waals surface area contributed by atoms with Crippen molar-refractivity contribution in [1.29, 1.82) is 0 Å². The van der Waals surface area contributed by atoms with Crippen LogP contribution in [-0.4, -0.2) is 26.4 Å². The molecule has 126 valence electrons. The molecule has 0 aliphatic rings. The molecule has 4 N–H and O–H groups in total. The summed E-state index contributed by atoms with van der Waals surface area (Å²) in [7, 11) is -3.70. The van der Waals surface area contributed by atoms with Crippen LogP contribution in [0.4, 0.5) is 5.69 Å². The van der Waals surface area contributed by atoms with E-state index in [0.29, 0.717) is 15.7 Å². The lowest BCUT2D eigenvalue weighted by molar-refractivity contribution is -0.114. The van der Waals surface area contributed by atoms with Crippen molar-refractivity contribution in [3.05, 3.63) is 22.2 Å². The second-order valence-corrected chi connectivity index (χ2v) is 7.98. The van der Waals surface area contributed by atoms with Crippen molar-refractivity contribution in [2.24, 2.45) is 5.73 Å². The third-order valence-corrected chi connectivity index (χ3v) is 5.28. The minimum atomic E-state index is -3.70. The van der Waals surface area contributed by atoms with E-state index >= 15 is 0 Å². The molecule has 0 aromatic heterocycles. The van der Waals surface area contributed by atoms with Gasteiger partial charge in [0.05, 0.1) is 10.6 Å². The van der Waals surface area contributed by atoms with Gasteiger partial charge in [-0.25, -0.2) is 13.1 Å². The summed E-state index contributed by atoms with van der Waals surface area (Å²) in [6, 6.07) is 3.07. The van der Waals surface area contributed by atoms with E-state index in [4.69, 9.17) is 5.73 Å². The molecule has 0 fully saturated rings. The number of nitrogens with two attached hydrogens (primary N) is 1. The highest BCUT2D eigenvalue weighted by atomic mass is 79.9. The maximum atomic E-state index is 12.4. The van der Waals surface area contributed by atoms with Gasteiger partial charge in [0.25, 0.3) is 0 Å². The first-order valence-corrected chi connectivity index (χ1v) is 8.58. The fourth-order valence-electron chi connectivity index (χ4n) is 1.70. The van der Waals surface area contributed by atoms with Crippen LogP contribution >= 0.6 is 28.3 Å². The number of aryl methyl sites for hydroxylation is 1. The summed E-state index contributed by atoms with van der Waals surface area (Å²) >= 11 is 3.27. The molecule has 0 radical (unpaired) electrons. The number of benzene rings is 1. The number of nitrogens with one attached hydrogen (secondary N) is 2. The van der Waals surface area contributed by atoms with E-state index in [0.717, 1.165) is 0 Å². The van der Waals surface area contributed by atoms with Crippen LogP contribution in [0.3, 0.4) is 0 Å². The van der Waals surface area contributed by atoms with Crippen LogP contribution in [0.15, 0.2) is 21.5 Å². The molecule has 1 aromatic carbocycles. The summed E-state index contributed by atoms with van der Waals surface area (Å²) in [6.45, 7) is 6.65. The fraction of sp³-hybridized carbons (Fsp3) is 0.462. The molecule has 1 amide bonds. The lowest BCUT2D eigenvalue weighted by Crippen LogP contribution is -2.48. The highest BCUT2D eigenvalue weighted by Gasteiger charge is 2.26. The first-order chi connectivity index (χ1) is 9.48. The third-order valence-electron chi connectivity index (χ3n) is 2.79. The van der Waals surface area contributed by atoms with Gasteiger partial charge in [-0.1, -0.05) is 0 Å². The lowest BCUT2D eigenvalue weighted by atomic mass is 10.1. The van der Waals surface area contributed by atoms with Gasteiger partial charge < -0.3 is 11.1 Å². The Labute approximate surface area is 145 Å². The van der Waals surface area contributed by atoms with Crippen molar-refractivity contribution in [2.45, 2.75) is 38.1 Å². The minimum absolute atomic E-state index is 0. The number of halogens is 2. The molecule has 1 aromatic rings. The van der Waals surface area contributed by atoms with Gasteiger partial charge in [0.15, 0.2) is 0 Å². The summed E-state index contributed by atoms with van der Waals surface area (Å²) in [5.41, 5.74) is 5.87. The summed E-state index contributed by atoms with van der Waals surface area (Å²) in [4.78, 5) is 11.3. The number of hydrogen-bond donors (Lipinski definition) is 3. The number of anilines is 1. The number of rotatable bonds is 5. The van der Waals surface area contributed by atoms with Gasteiger partial charge in [-0.3, -0.25) is 4.79 Å². The number of hydrogen-bond acceptors (Lipinski definition) is 4. The zero-order valence-electron chi connectivity index (χ0n) is 12.9. The largest absolute Gasteiger partial charge is 0.329 e. The summed E-state index contributed by atoms with van der Waals surface area (Å²) in [5.74, 6) is -0.229. The topological polar surface area (TPSA) is 101 Å². The molecule has 6 nitrogen and oxygen atoms in total. The Balaban J connectivity index is 0.00000441. The van der Waals surface area contributed by atoms with Crippen LogP contribution in [0, 0.1) is 6.92 Å². The standard InChI is InChI=1S/C13H20BrN3O3S.ClH/c1-8-5-11(16-9(2)18)10(14)6-12(8)21(19,20)17-13(3,4)7-15;/h5-6,17H,7,15H2,1-4H3,(H,16,18);1H. The Bertz CT molecular complexity index is 663. The molecule has 0 spiro atoms. The zero-order valence-corrected chi connectivity index (χ0v) is 16.1. The highest BCUT2D eigenvalue weighted by molar-refractivity contribution is 9.10. The molecule has 1 rings (SSSR count). The second-order valence-electron chi connectivity index (χ2n) is 5.47. The number of amides is 1. The van der Waals surface area contributed by atoms with Gasteiger partial charge in [-0.2, -0.15) is 0 Å². The molecule has 0 bridgehead atoms. The van der Waals surface area contributed by atoms with E-state index in [1.54, 1.807) is 26.8 Å². The highest BCUT2D eigenvalue weighted by Crippen LogP contribution is 2.29. The predicted octanol–water partition coefficient (Wildman–Crippen LogP) is 2.15. The smallest absolute Gasteiger partial charge is 0.241 e. The van der Waals surface area contributed by atoms with Crippen molar-refractivity contribution >= 4 is 50.0 Å². The number of sulfonamides is 1. The van der Waals surface area contributed by atoms with Crippen molar-refractivity contribution in [3.8, 4) is 0 Å². The zero-order chi connectivity index (χ0) is 16.4. The average molecular weight is 415 g/mol. The monoisotopic (exact) mass is 413 g/mol. The van der Waals surface area contributed by atoms with E-state index in [-0.39, 0.29) is 29.8 Å². The van der Waals surface area contributed by atoms with Crippen LogP contribution in [-0.2, 0) is 14.8 Å². The van der Waals surface area contributed by atoms with Gasteiger partial charge in [-0.05, 0) is 54.4 Å². The molecule has 22 heavy (non-hydrogen) atoms. The molecule has 0 saturated carbocycles. The molecule has 9 heteroatoms. The molecule has 0 unspecified atom stereocenters. The van der Waals surface area contributed by atoms with E-state index in [1.165, 1.54) is 13.0 Å². The van der Waals surface area contributed by atoms with Crippen LogP contribution in [0.25, 0.3) is 0 Å². The van der Waals surface area contributed by atoms with E-state index < -0.39 is 15.6 Å². The quantitative estimate of drug-likeness (QED) is 0.687. The SMILES string of the molecule is CC(=O)Nc1cc(C)c(S(=O)(=O)NC(C)(C)CN)cc1Br.Cl. The van der Waals surface area contributed by atoms with Crippen LogP contribution in [0.1, 0.15) is 26.3 Å². The number of carbonyl (C=O) groups excluding carboxylic acids is 1. The summed E-state index contributed by atoms with van der Waals surface area (Å²) < 4.78 is 27.9. The summed E-state index contributed by atoms with van der Waals surface area (Å²) in [6.07, 6.45) is 0. The van der Waals surface area contributed by atoms with E-state index in [2.05, 4.69) is 26.0 Å². The number of carbonyl (C=O) groups is 1. The van der Waals surface area contributed by atoms with Gasteiger partial charge in [0.2, 0.25) is 15.9 Å². The average Bonchev–Trinajstić information content (AvgIpc) is 2.31. The van der Waals surface area contributed by atoms with Crippen molar-refractivity contribution in [2.75, 3.05) is 11.9 Å². The van der Waals surface area contributed by atoms with Crippen LogP contribution < -0.4 is 15.8 Å². The van der Waals surface area contributed by atoms with Crippen molar-refractivity contribution in [1.82, 2.24) is 4.72 Å². The van der Waals surface area contributed by atoms with Gasteiger partial charge in [0.1, 0.15) is 0 Å². The normalized spacial score (nSPS) is 11.7. The second kappa shape index (κ2) is 7.74. The van der Waals surface area contributed by atoms with Crippen LogP contribution in [0.5, 0.6) is 0 Å². The minimum Gasteiger partial charge on any atom is -0.329 e. The first-order valence-electron chi connectivity index (χ1n) is 6.30. The Hall–Kier alpha value is -0.670. The lowest BCUT2D eigenvalue weighted by Gasteiger charge is -2.24. The predicted molar refractivity (Wildman–Crippen MR) is 93.9 cm³/mol. The fourth-order valence-corrected chi connectivity index (χ4v) is 3.97. The first kappa shape index (κ1) is 21.3. The Morgan fingerprint density at radius 2 is 1.91 bits per heavy atom. The molecule has 0 atom stereocenters. The van der Waals surface area contributed by atoms with Gasteiger partial charge >= 0.3 is 0 Å². The molecule has 0 aliphatic carbocycles. The Morgan fingerprint density at radius 1 is 1.36 bits per heavy atom. The summed E-state index contributed by atoms with van der Waals surface area (Å²) in [5, 5.41) is 2.63. The maximum Gasteiger partial charge on any atom is 0.241 e. The van der Waals surface area contributed by atoms with E-state index in [1.807, 2.05) is 0 Å². The van der Waals surface area contributed by atoms with E-state index in [9.17, 15) is 13.2 Å². The molecule has 0 saturated heterocycles. The Morgan fingerprint density at radius 3 is 2.36 bits per heavy atom. The van der Waals surface area contributed by atoms with Crippen molar-refractivity contribution < 1.29 is 13.2 Å². The molecule has 0 heterocycles. The molecular weight excluding hydrogens is 394 g/mol.